The van der Waals surface area contributed by atoms with Crippen LogP contribution in [0.1, 0.15) is 30.9 Å². The number of halogens is 2. The number of ether oxygens (including phenoxy) is 2. The Morgan fingerprint density at radius 1 is 1.02 bits per heavy atom. The fourth-order valence-corrected chi connectivity index (χ4v) is 5.96. The maximum atomic E-state index is 13.9. The van der Waals surface area contributed by atoms with Gasteiger partial charge in [-0.25, -0.2) is 9.10 Å². The van der Waals surface area contributed by atoms with E-state index in [1.807, 2.05) is 0 Å². The standard InChI is InChI=1S/C28H33N5O7S.2ClH/c1-2-39-28(36)33(18-26(34)35)41(37,38)32(23-7-9-24(10-8-23)40-25-11-13-31-14-12-25)17-19-3-4-20-5-6-21(27(29)30)16-22(20)15-19;;/h3-10,15-16,25,31H,2,11-14,17-18H2,1H3,(H3,29,30)(H,34,35);2*1H. The first-order valence-electron chi connectivity index (χ1n) is 13.1. The summed E-state index contributed by atoms with van der Waals surface area (Å²) in [7, 11) is -4.74. The summed E-state index contributed by atoms with van der Waals surface area (Å²) in [5.41, 5.74) is 6.90. The van der Waals surface area contributed by atoms with E-state index in [-0.39, 0.29) is 59.9 Å². The summed E-state index contributed by atoms with van der Waals surface area (Å²) < 4.78 is 39.9. The number of aliphatic carboxylic acids is 1. The van der Waals surface area contributed by atoms with Gasteiger partial charge in [-0.3, -0.25) is 10.2 Å². The first kappa shape index (κ1) is 35.4. The molecule has 0 saturated carbocycles. The molecule has 0 aliphatic carbocycles. The van der Waals surface area contributed by atoms with Crippen molar-refractivity contribution in [3.8, 4) is 5.75 Å². The molecule has 0 bridgehead atoms. The molecule has 43 heavy (non-hydrogen) atoms. The molecule has 1 saturated heterocycles. The fraction of sp³-hybridized carbons (Fsp3) is 0.321. The van der Waals surface area contributed by atoms with Crippen LogP contribution in [0.15, 0.2) is 60.7 Å². The van der Waals surface area contributed by atoms with Crippen LogP contribution in [0.25, 0.3) is 10.8 Å². The summed E-state index contributed by atoms with van der Waals surface area (Å²) in [6.07, 6.45) is 0.433. The molecule has 15 heteroatoms. The molecular weight excluding hydrogens is 621 g/mol. The number of amidine groups is 1. The van der Waals surface area contributed by atoms with Gasteiger partial charge in [0.25, 0.3) is 0 Å². The van der Waals surface area contributed by atoms with E-state index in [4.69, 9.17) is 20.6 Å². The molecule has 4 rings (SSSR count). The SMILES string of the molecule is CCOC(=O)N(CC(=O)O)S(=O)(=O)N(Cc1ccc2ccc(C(=N)N)cc2c1)c1ccc(OC2CCNCC2)cc1.Cl.Cl. The van der Waals surface area contributed by atoms with Gasteiger partial charge >= 0.3 is 22.3 Å². The number of nitrogens with one attached hydrogen (secondary N) is 2. The predicted octanol–water partition coefficient (Wildman–Crippen LogP) is 3.89. The quantitative estimate of drug-likeness (QED) is 0.176. The number of rotatable bonds is 11. The van der Waals surface area contributed by atoms with E-state index in [0.717, 1.165) is 41.0 Å². The van der Waals surface area contributed by atoms with E-state index in [1.54, 1.807) is 60.7 Å². The first-order valence-corrected chi connectivity index (χ1v) is 14.5. The number of hydrogen-bond donors (Lipinski definition) is 4. The van der Waals surface area contributed by atoms with Gasteiger partial charge < -0.3 is 25.6 Å². The number of amides is 1. The number of piperidine rings is 1. The zero-order chi connectivity index (χ0) is 29.6. The smallest absolute Gasteiger partial charge is 0.425 e. The summed E-state index contributed by atoms with van der Waals surface area (Å²) in [4.78, 5) is 24.2. The molecule has 234 valence electrons. The van der Waals surface area contributed by atoms with Crippen LogP contribution >= 0.6 is 24.8 Å². The molecule has 0 aromatic heterocycles. The lowest BCUT2D eigenvalue weighted by Gasteiger charge is -2.30. The minimum atomic E-state index is -4.74. The minimum Gasteiger partial charge on any atom is -0.490 e. The molecule has 1 aliphatic rings. The Morgan fingerprint density at radius 2 is 1.67 bits per heavy atom. The number of nitrogens with two attached hydrogens (primary N) is 1. The Morgan fingerprint density at radius 3 is 2.28 bits per heavy atom. The number of nitrogen functional groups attached to an aromatic ring is 1. The summed E-state index contributed by atoms with van der Waals surface area (Å²) in [6, 6.07) is 16.9. The van der Waals surface area contributed by atoms with E-state index in [9.17, 15) is 23.1 Å². The number of carbonyl (C=O) groups is 2. The van der Waals surface area contributed by atoms with Crippen molar-refractivity contribution < 1.29 is 32.6 Å². The molecule has 0 radical (unpaired) electrons. The Kier molecular flexibility index (Phi) is 12.9. The highest BCUT2D eigenvalue weighted by Crippen LogP contribution is 2.28. The third kappa shape index (κ3) is 8.86. The molecule has 3 aromatic carbocycles. The fourth-order valence-electron chi connectivity index (χ4n) is 4.51. The Labute approximate surface area is 262 Å². The zero-order valence-corrected chi connectivity index (χ0v) is 25.8. The number of fused-ring (bicyclic) bond motifs is 1. The van der Waals surface area contributed by atoms with E-state index < -0.39 is 28.8 Å². The minimum absolute atomic E-state index is 0. The summed E-state index contributed by atoms with van der Waals surface area (Å²) in [6.45, 7) is 1.70. The van der Waals surface area contributed by atoms with E-state index in [0.29, 0.717) is 16.9 Å². The van der Waals surface area contributed by atoms with E-state index in [1.165, 1.54) is 6.92 Å². The molecule has 5 N–H and O–H groups in total. The second kappa shape index (κ2) is 15.6. The predicted molar refractivity (Wildman–Crippen MR) is 169 cm³/mol. The van der Waals surface area contributed by atoms with Crippen molar-refractivity contribution in [2.45, 2.75) is 32.4 Å². The van der Waals surface area contributed by atoms with Crippen molar-refractivity contribution in [3.05, 3.63) is 71.8 Å². The molecule has 0 unspecified atom stereocenters. The van der Waals surface area contributed by atoms with Gasteiger partial charge in [-0.1, -0.05) is 24.3 Å². The maximum Gasteiger partial charge on any atom is 0.425 e. The Hall–Kier alpha value is -3.78. The highest BCUT2D eigenvalue weighted by molar-refractivity contribution is 7.91. The molecule has 12 nitrogen and oxygen atoms in total. The van der Waals surface area contributed by atoms with Crippen molar-refractivity contribution in [1.82, 2.24) is 9.62 Å². The van der Waals surface area contributed by atoms with Crippen LogP contribution in [0.2, 0.25) is 0 Å². The van der Waals surface area contributed by atoms with Gasteiger partial charge in [0.15, 0.2) is 0 Å². The third-order valence-electron chi connectivity index (χ3n) is 6.56. The van der Waals surface area contributed by atoms with E-state index >= 15 is 0 Å². The number of anilines is 1. The van der Waals surface area contributed by atoms with Gasteiger partial charge in [0.05, 0.1) is 18.8 Å². The summed E-state index contributed by atoms with van der Waals surface area (Å²) in [5, 5.41) is 22.0. The lowest BCUT2D eigenvalue weighted by molar-refractivity contribution is -0.137. The van der Waals surface area contributed by atoms with Crippen LogP contribution in [0, 0.1) is 5.41 Å². The molecule has 3 aromatic rings. The normalized spacial score (nSPS) is 13.2. The number of carboxylic acids is 1. The van der Waals surface area contributed by atoms with Gasteiger partial charge in [0.1, 0.15) is 24.2 Å². The molecule has 1 aliphatic heterocycles. The molecule has 0 atom stereocenters. The average Bonchev–Trinajstić information content (AvgIpc) is 2.95. The van der Waals surface area contributed by atoms with E-state index in [2.05, 4.69) is 5.32 Å². The first-order chi connectivity index (χ1) is 19.6. The molecule has 1 heterocycles. The third-order valence-corrected chi connectivity index (χ3v) is 8.29. The van der Waals surface area contributed by atoms with Crippen LogP contribution in [0.4, 0.5) is 10.5 Å². The largest absolute Gasteiger partial charge is 0.490 e. The number of carbonyl (C=O) groups excluding carboxylic acids is 1. The number of nitrogens with zero attached hydrogens (tertiary/aromatic N) is 2. The van der Waals surface area contributed by atoms with Crippen LogP contribution in [0.3, 0.4) is 0 Å². The molecular formula is C28H35Cl2N5O7S. The molecule has 0 spiro atoms. The van der Waals surface area contributed by atoms with Crippen molar-refractivity contribution >= 4 is 69.4 Å². The Balaban J connectivity index is 0.00000323. The highest BCUT2D eigenvalue weighted by atomic mass is 35.5. The topological polar surface area (TPSA) is 175 Å². The van der Waals surface area contributed by atoms with Crippen LogP contribution in [0.5, 0.6) is 5.75 Å². The lowest BCUT2D eigenvalue weighted by atomic mass is 10.0. The van der Waals surface area contributed by atoms with Gasteiger partial charge in [-0.15, -0.1) is 24.8 Å². The number of carboxylic acid groups (broad SMARTS) is 1. The zero-order valence-electron chi connectivity index (χ0n) is 23.4. The second-order valence-corrected chi connectivity index (χ2v) is 11.3. The number of hydrogen-bond acceptors (Lipinski definition) is 8. The molecule has 1 fully saturated rings. The van der Waals surface area contributed by atoms with Crippen molar-refractivity contribution in [3.63, 3.8) is 0 Å². The highest BCUT2D eigenvalue weighted by Gasteiger charge is 2.37. The van der Waals surface area contributed by atoms with Gasteiger partial charge in [0.2, 0.25) is 0 Å². The number of benzene rings is 3. The van der Waals surface area contributed by atoms with Gasteiger partial charge in [0, 0.05) is 5.56 Å². The maximum absolute atomic E-state index is 13.9. The van der Waals surface area contributed by atoms with Crippen molar-refractivity contribution in [2.24, 2.45) is 5.73 Å². The van der Waals surface area contributed by atoms with Crippen molar-refractivity contribution in [2.75, 3.05) is 30.5 Å². The lowest BCUT2D eigenvalue weighted by Crippen LogP contribution is -2.49. The molecule has 1 amide bonds. The Bertz CT molecular complexity index is 1530. The van der Waals surface area contributed by atoms with Gasteiger partial charge in [-0.2, -0.15) is 12.7 Å². The monoisotopic (exact) mass is 655 g/mol. The van der Waals surface area contributed by atoms with Crippen LogP contribution < -0.4 is 20.1 Å². The van der Waals surface area contributed by atoms with Crippen LogP contribution in [-0.2, 0) is 26.3 Å². The summed E-state index contributed by atoms with van der Waals surface area (Å²) >= 11 is 0. The average molecular weight is 657 g/mol. The van der Waals surface area contributed by atoms with Crippen molar-refractivity contribution in [1.29, 1.82) is 5.41 Å². The van der Waals surface area contributed by atoms with Crippen LogP contribution in [-0.4, -0.2) is 68.1 Å². The summed E-state index contributed by atoms with van der Waals surface area (Å²) in [5.74, 6) is -1.06. The van der Waals surface area contributed by atoms with Gasteiger partial charge in [-0.05, 0) is 85.6 Å². The second-order valence-electron chi connectivity index (χ2n) is 9.48.